The van der Waals surface area contributed by atoms with Crippen LogP contribution in [0.4, 0.5) is 0 Å². The molecule has 1 aliphatic carbocycles. The van der Waals surface area contributed by atoms with Crippen molar-refractivity contribution in [2.45, 2.75) is 19.3 Å². The van der Waals surface area contributed by atoms with Crippen molar-refractivity contribution in [3.05, 3.63) is 35.0 Å². The third-order valence-electron chi connectivity index (χ3n) is 5.15. The Balaban J connectivity index is 1.42. The van der Waals surface area contributed by atoms with Crippen LogP contribution in [0, 0.1) is 5.92 Å². The molecule has 1 aromatic heterocycles. The zero-order valence-electron chi connectivity index (χ0n) is 13.4. The van der Waals surface area contributed by atoms with Gasteiger partial charge in [-0.15, -0.1) is 0 Å². The molecular weight excluding hydrogens is 326 g/mol. The van der Waals surface area contributed by atoms with E-state index in [1.54, 1.807) is 6.07 Å². The summed E-state index contributed by atoms with van der Waals surface area (Å²) in [5.41, 5.74) is 1.48. The van der Waals surface area contributed by atoms with E-state index >= 15 is 0 Å². The molecule has 0 bridgehead atoms. The molecule has 1 saturated heterocycles. The molecule has 0 unspecified atom stereocenters. The average molecular weight is 346 g/mol. The number of fused-ring (bicyclic) bond motifs is 1. The van der Waals surface area contributed by atoms with E-state index in [4.69, 9.17) is 11.6 Å². The van der Waals surface area contributed by atoms with Crippen molar-refractivity contribution in [2.75, 3.05) is 26.2 Å². The van der Waals surface area contributed by atoms with Gasteiger partial charge in [0.25, 0.3) is 5.91 Å². The Labute approximate surface area is 145 Å². The molecule has 2 aliphatic rings. The summed E-state index contributed by atoms with van der Waals surface area (Å²) in [5.74, 6) is 0.484. The molecule has 24 heavy (non-hydrogen) atoms. The number of hydrogen-bond acceptors (Lipinski definition) is 2. The predicted octanol–water partition coefficient (Wildman–Crippen LogP) is 2.91. The van der Waals surface area contributed by atoms with Gasteiger partial charge in [-0.2, -0.15) is 0 Å². The van der Waals surface area contributed by atoms with Crippen LogP contribution in [0.25, 0.3) is 10.9 Å². The summed E-state index contributed by atoms with van der Waals surface area (Å²) in [6.45, 7) is 2.45. The smallest absolute Gasteiger partial charge is 0.270 e. The number of aromatic amines is 1. The van der Waals surface area contributed by atoms with Gasteiger partial charge in [0.15, 0.2) is 0 Å². The highest BCUT2D eigenvalue weighted by molar-refractivity contribution is 6.31. The minimum Gasteiger partial charge on any atom is -0.351 e. The molecule has 2 aromatic rings. The van der Waals surface area contributed by atoms with Crippen LogP contribution in [-0.4, -0.2) is 52.8 Å². The summed E-state index contributed by atoms with van der Waals surface area (Å²) in [6.07, 6.45) is 3.21. The lowest BCUT2D eigenvalue weighted by Gasteiger charge is -2.38. The number of amides is 2. The number of nitrogens with one attached hydrogen (secondary N) is 1. The highest BCUT2D eigenvalue weighted by atomic mass is 35.5. The Bertz CT molecular complexity index is 789. The van der Waals surface area contributed by atoms with Crippen molar-refractivity contribution in [3.63, 3.8) is 0 Å². The molecule has 2 heterocycles. The van der Waals surface area contributed by atoms with E-state index in [0.29, 0.717) is 36.9 Å². The predicted molar refractivity (Wildman–Crippen MR) is 93.1 cm³/mol. The number of nitrogens with zero attached hydrogens (tertiary/aromatic N) is 2. The second-order valence-corrected chi connectivity index (χ2v) is 7.10. The quantitative estimate of drug-likeness (QED) is 0.909. The molecule has 0 radical (unpaired) electrons. The highest BCUT2D eigenvalue weighted by Gasteiger charge is 2.32. The van der Waals surface area contributed by atoms with E-state index in [2.05, 4.69) is 4.98 Å². The number of benzene rings is 1. The summed E-state index contributed by atoms with van der Waals surface area (Å²) in [6, 6.07) is 7.37. The molecule has 1 N–H and O–H groups in total. The van der Waals surface area contributed by atoms with Crippen molar-refractivity contribution >= 4 is 34.3 Å². The standard InChI is InChI=1S/C18H20ClN3O2/c19-14-4-5-15-13(10-14)11-16(20-15)18(24)22-8-6-21(7-9-22)17(23)12-2-1-3-12/h4-5,10-12,20H,1-3,6-9H2. The molecule has 5 nitrogen and oxygen atoms in total. The van der Waals surface area contributed by atoms with Gasteiger partial charge in [0.2, 0.25) is 5.91 Å². The zero-order chi connectivity index (χ0) is 16.7. The van der Waals surface area contributed by atoms with Crippen molar-refractivity contribution in [1.29, 1.82) is 0 Å². The molecule has 6 heteroatoms. The van der Waals surface area contributed by atoms with Gasteiger partial charge in [-0.05, 0) is 37.1 Å². The summed E-state index contributed by atoms with van der Waals surface area (Å²) >= 11 is 6.00. The zero-order valence-corrected chi connectivity index (χ0v) is 14.2. The van der Waals surface area contributed by atoms with E-state index in [-0.39, 0.29) is 17.7 Å². The molecular formula is C18H20ClN3O2. The molecule has 1 saturated carbocycles. The average Bonchev–Trinajstić information content (AvgIpc) is 2.95. The maximum atomic E-state index is 12.7. The van der Waals surface area contributed by atoms with E-state index in [1.807, 2.05) is 28.0 Å². The first-order chi connectivity index (χ1) is 11.6. The van der Waals surface area contributed by atoms with E-state index in [9.17, 15) is 9.59 Å². The fraction of sp³-hybridized carbons (Fsp3) is 0.444. The fourth-order valence-electron chi connectivity index (χ4n) is 3.43. The summed E-state index contributed by atoms with van der Waals surface area (Å²) in [4.78, 5) is 31.9. The molecule has 126 valence electrons. The second-order valence-electron chi connectivity index (χ2n) is 6.66. The SMILES string of the molecule is O=C(c1cc2cc(Cl)ccc2[nH]1)N1CCN(C(=O)C2CCC2)CC1. The van der Waals surface area contributed by atoms with E-state index < -0.39 is 0 Å². The van der Waals surface area contributed by atoms with Gasteiger partial charge in [-0.25, -0.2) is 0 Å². The van der Waals surface area contributed by atoms with Crippen molar-refractivity contribution in [2.24, 2.45) is 5.92 Å². The van der Waals surface area contributed by atoms with Crippen LogP contribution in [0.2, 0.25) is 5.02 Å². The summed E-state index contributed by atoms with van der Waals surface area (Å²) in [5, 5.41) is 1.59. The number of hydrogen-bond donors (Lipinski definition) is 1. The first-order valence-electron chi connectivity index (χ1n) is 8.48. The number of carbonyl (C=O) groups excluding carboxylic acids is 2. The third kappa shape index (κ3) is 2.77. The van der Waals surface area contributed by atoms with Gasteiger partial charge in [0.05, 0.1) is 0 Å². The van der Waals surface area contributed by atoms with E-state index in [0.717, 1.165) is 23.7 Å². The largest absolute Gasteiger partial charge is 0.351 e. The van der Waals surface area contributed by atoms with Crippen molar-refractivity contribution in [3.8, 4) is 0 Å². The van der Waals surface area contributed by atoms with Crippen LogP contribution in [-0.2, 0) is 4.79 Å². The number of rotatable bonds is 2. The van der Waals surface area contributed by atoms with Crippen molar-refractivity contribution < 1.29 is 9.59 Å². The lowest BCUT2D eigenvalue weighted by molar-refractivity contribution is -0.139. The summed E-state index contributed by atoms with van der Waals surface area (Å²) < 4.78 is 0. The minimum absolute atomic E-state index is 0.0157. The van der Waals surface area contributed by atoms with E-state index in [1.165, 1.54) is 6.42 Å². The van der Waals surface area contributed by atoms with Crippen LogP contribution in [0.15, 0.2) is 24.3 Å². The van der Waals surface area contributed by atoms with Gasteiger partial charge >= 0.3 is 0 Å². The van der Waals surface area contributed by atoms with Gasteiger partial charge < -0.3 is 14.8 Å². The highest BCUT2D eigenvalue weighted by Crippen LogP contribution is 2.28. The van der Waals surface area contributed by atoms with Gasteiger partial charge in [-0.1, -0.05) is 18.0 Å². The number of H-pyrrole nitrogens is 1. The maximum Gasteiger partial charge on any atom is 0.270 e. The first-order valence-corrected chi connectivity index (χ1v) is 8.86. The first kappa shape index (κ1) is 15.5. The Kier molecular flexibility index (Phi) is 3.96. The monoisotopic (exact) mass is 345 g/mol. The summed E-state index contributed by atoms with van der Waals surface area (Å²) in [7, 11) is 0. The Morgan fingerprint density at radius 1 is 1.04 bits per heavy atom. The molecule has 0 atom stereocenters. The Hall–Kier alpha value is -2.01. The number of aromatic nitrogens is 1. The lowest BCUT2D eigenvalue weighted by atomic mass is 9.84. The third-order valence-corrected chi connectivity index (χ3v) is 5.38. The van der Waals surface area contributed by atoms with Crippen LogP contribution in [0.1, 0.15) is 29.8 Å². The maximum absolute atomic E-state index is 12.7. The van der Waals surface area contributed by atoms with Crippen LogP contribution < -0.4 is 0 Å². The number of piperazine rings is 1. The number of carbonyl (C=O) groups is 2. The van der Waals surface area contributed by atoms with Gasteiger partial charge in [-0.3, -0.25) is 9.59 Å². The van der Waals surface area contributed by atoms with Crippen LogP contribution >= 0.6 is 11.6 Å². The second kappa shape index (κ2) is 6.13. The molecule has 1 aromatic carbocycles. The molecule has 2 amide bonds. The van der Waals surface area contributed by atoms with Crippen molar-refractivity contribution in [1.82, 2.24) is 14.8 Å². The molecule has 2 fully saturated rings. The van der Waals surface area contributed by atoms with Gasteiger partial charge in [0, 0.05) is 48.0 Å². The topological polar surface area (TPSA) is 56.4 Å². The molecule has 4 rings (SSSR count). The normalized spacial score (nSPS) is 18.7. The van der Waals surface area contributed by atoms with Crippen LogP contribution in [0.3, 0.4) is 0 Å². The molecule has 0 spiro atoms. The fourth-order valence-corrected chi connectivity index (χ4v) is 3.61. The minimum atomic E-state index is -0.0157. The van der Waals surface area contributed by atoms with Crippen LogP contribution in [0.5, 0.6) is 0 Å². The Morgan fingerprint density at radius 2 is 1.75 bits per heavy atom. The lowest BCUT2D eigenvalue weighted by Crippen LogP contribution is -2.52. The van der Waals surface area contributed by atoms with Gasteiger partial charge in [0.1, 0.15) is 5.69 Å². The molecule has 1 aliphatic heterocycles. The number of halogens is 1. The Morgan fingerprint density at radius 3 is 2.42 bits per heavy atom.